The number of nitrogens with zero attached hydrogens (tertiary/aromatic N) is 1. The van der Waals surface area contributed by atoms with Crippen molar-refractivity contribution in [3.8, 4) is 0 Å². The van der Waals surface area contributed by atoms with Crippen molar-refractivity contribution in [3.63, 3.8) is 0 Å². The minimum atomic E-state index is 0.233. The van der Waals surface area contributed by atoms with Crippen molar-refractivity contribution in [3.05, 3.63) is 35.5 Å². The molecule has 2 aromatic rings. The van der Waals surface area contributed by atoms with E-state index in [0.717, 1.165) is 24.3 Å². The van der Waals surface area contributed by atoms with Crippen molar-refractivity contribution in [2.24, 2.45) is 0 Å². The van der Waals surface area contributed by atoms with Gasteiger partial charge in [-0.1, -0.05) is 18.2 Å². The molecule has 1 aliphatic rings. The highest BCUT2D eigenvalue weighted by molar-refractivity contribution is 5.96. The van der Waals surface area contributed by atoms with Gasteiger partial charge in [0.2, 0.25) is 0 Å². The van der Waals surface area contributed by atoms with Crippen LogP contribution in [0.5, 0.6) is 0 Å². The van der Waals surface area contributed by atoms with E-state index in [9.17, 15) is 4.79 Å². The van der Waals surface area contributed by atoms with E-state index in [1.165, 1.54) is 35.5 Å². The van der Waals surface area contributed by atoms with Crippen LogP contribution in [0.1, 0.15) is 23.0 Å². The predicted octanol–water partition coefficient (Wildman–Crippen LogP) is -0.298. The zero-order valence-corrected chi connectivity index (χ0v) is 13.9. The molecule has 2 N–H and O–H groups in total. The Morgan fingerprint density at radius 2 is 1.73 bits per heavy atom. The number of piperazine rings is 1. The average Bonchev–Trinajstić information content (AvgIpc) is 2.80. The molecular formula is C18H27N3O+2. The topological polar surface area (TPSA) is 30.9 Å². The first kappa shape index (κ1) is 15.3. The number of hydrogen-bond acceptors (Lipinski definition) is 1. The minimum Gasteiger partial charge on any atom is -0.326 e. The van der Waals surface area contributed by atoms with Crippen LogP contribution in [0, 0.1) is 13.8 Å². The minimum absolute atomic E-state index is 0.233. The van der Waals surface area contributed by atoms with Gasteiger partial charge in [0, 0.05) is 11.1 Å². The molecule has 0 radical (unpaired) electrons. The summed E-state index contributed by atoms with van der Waals surface area (Å²) in [6.07, 6.45) is 0. The van der Waals surface area contributed by atoms with E-state index in [0.29, 0.717) is 6.54 Å². The molecule has 2 heterocycles. The molecule has 0 bridgehead atoms. The molecule has 0 amide bonds. The SMILES string of the molecule is CC[NH+]1CC[NH+](CC(=O)n2c(C)c(C)c3ccccc32)CC1. The molecule has 0 atom stereocenters. The van der Waals surface area contributed by atoms with Crippen molar-refractivity contribution in [2.75, 3.05) is 39.3 Å². The van der Waals surface area contributed by atoms with Crippen LogP contribution >= 0.6 is 0 Å². The molecule has 0 spiro atoms. The van der Waals surface area contributed by atoms with E-state index < -0.39 is 0 Å². The number of likely N-dealkylation sites (N-methyl/N-ethyl adjacent to an activating group) is 1. The molecule has 0 unspecified atom stereocenters. The lowest BCUT2D eigenvalue weighted by Crippen LogP contribution is -3.28. The summed E-state index contributed by atoms with van der Waals surface area (Å²) < 4.78 is 1.93. The highest BCUT2D eigenvalue weighted by Crippen LogP contribution is 2.24. The second-order valence-corrected chi connectivity index (χ2v) is 6.49. The van der Waals surface area contributed by atoms with Crippen LogP contribution in [-0.4, -0.2) is 49.7 Å². The van der Waals surface area contributed by atoms with E-state index in [-0.39, 0.29) is 5.91 Å². The Kier molecular flexibility index (Phi) is 4.32. The molecule has 4 heteroatoms. The van der Waals surface area contributed by atoms with Crippen LogP contribution in [0.3, 0.4) is 0 Å². The van der Waals surface area contributed by atoms with Gasteiger partial charge in [0.15, 0.2) is 6.54 Å². The second-order valence-electron chi connectivity index (χ2n) is 6.49. The Morgan fingerprint density at radius 3 is 2.41 bits per heavy atom. The molecule has 1 saturated heterocycles. The number of aromatic nitrogens is 1. The Hall–Kier alpha value is -1.65. The third-order valence-corrected chi connectivity index (χ3v) is 5.24. The average molecular weight is 301 g/mol. The van der Waals surface area contributed by atoms with Gasteiger partial charge in [-0.15, -0.1) is 0 Å². The Balaban J connectivity index is 1.80. The number of aryl methyl sites for hydroxylation is 1. The number of fused-ring (bicyclic) bond motifs is 1. The van der Waals surface area contributed by atoms with E-state index in [1.807, 2.05) is 16.7 Å². The molecule has 1 aliphatic heterocycles. The molecule has 4 nitrogen and oxygen atoms in total. The third-order valence-electron chi connectivity index (χ3n) is 5.24. The summed E-state index contributed by atoms with van der Waals surface area (Å²) in [6.45, 7) is 12.8. The van der Waals surface area contributed by atoms with E-state index in [2.05, 4.69) is 32.9 Å². The molecular weight excluding hydrogens is 274 g/mol. The number of carbonyl (C=O) groups excluding carboxylic acids is 1. The fourth-order valence-electron chi connectivity index (χ4n) is 3.63. The van der Waals surface area contributed by atoms with Crippen LogP contribution < -0.4 is 9.80 Å². The van der Waals surface area contributed by atoms with Crippen LogP contribution in [0.4, 0.5) is 0 Å². The van der Waals surface area contributed by atoms with Gasteiger partial charge in [-0.25, -0.2) is 0 Å². The number of rotatable bonds is 3. The summed E-state index contributed by atoms with van der Waals surface area (Å²) in [4.78, 5) is 15.9. The fraction of sp³-hybridized carbons (Fsp3) is 0.500. The smallest absolute Gasteiger partial charge is 0.286 e. The molecule has 0 saturated carbocycles. The van der Waals surface area contributed by atoms with Gasteiger partial charge in [-0.2, -0.15) is 0 Å². The van der Waals surface area contributed by atoms with Gasteiger partial charge in [-0.05, 0) is 32.4 Å². The summed E-state index contributed by atoms with van der Waals surface area (Å²) in [5, 5.41) is 1.20. The standard InChI is InChI=1S/C18H25N3O/c1-4-19-9-11-20(12-10-19)13-18(22)21-15(3)14(2)16-7-5-6-8-17(16)21/h5-8H,4,9-13H2,1-3H3/p+2. The third kappa shape index (κ3) is 2.69. The molecule has 118 valence electrons. The lowest BCUT2D eigenvalue weighted by atomic mass is 10.2. The lowest BCUT2D eigenvalue weighted by Gasteiger charge is -2.28. The largest absolute Gasteiger partial charge is 0.326 e. The quantitative estimate of drug-likeness (QED) is 0.801. The van der Waals surface area contributed by atoms with E-state index in [1.54, 1.807) is 4.90 Å². The molecule has 1 aromatic heterocycles. The molecule has 22 heavy (non-hydrogen) atoms. The first-order valence-corrected chi connectivity index (χ1v) is 8.38. The number of hydrogen-bond donors (Lipinski definition) is 2. The van der Waals surface area contributed by atoms with Gasteiger partial charge in [0.1, 0.15) is 26.2 Å². The van der Waals surface area contributed by atoms with Crippen LogP contribution in [0.25, 0.3) is 10.9 Å². The number of benzene rings is 1. The second kappa shape index (κ2) is 6.23. The first-order chi connectivity index (χ1) is 10.6. The van der Waals surface area contributed by atoms with Crippen LogP contribution in [0.15, 0.2) is 24.3 Å². The zero-order valence-electron chi connectivity index (χ0n) is 13.9. The summed E-state index contributed by atoms with van der Waals surface area (Å²) in [5.74, 6) is 0.233. The molecule has 1 fully saturated rings. The molecule has 0 aliphatic carbocycles. The monoisotopic (exact) mass is 301 g/mol. The van der Waals surface area contributed by atoms with Crippen LogP contribution in [-0.2, 0) is 0 Å². The van der Waals surface area contributed by atoms with Crippen molar-refractivity contribution in [1.29, 1.82) is 0 Å². The van der Waals surface area contributed by atoms with Crippen molar-refractivity contribution < 1.29 is 14.6 Å². The maximum atomic E-state index is 12.8. The Bertz CT molecular complexity index is 681. The molecule has 1 aromatic carbocycles. The summed E-state index contributed by atoms with van der Waals surface area (Å²) in [6, 6.07) is 8.22. The first-order valence-electron chi connectivity index (χ1n) is 8.38. The number of carbonyl (C=O) groups is 1. The van der Waals surface area contributed by atoms with E-state index in [4.69, 9.17) is 0 Å². The predicted molar refractivity (Wildman–Crippen MR) is 88.8 cm³/mol. The van der Waals surface area contributed by atoms with Gasteiger partial charge in [0.25, 0.3) is 5.91 Å². The number of quaternary nitrogens is 2. The Labute approximate surface area is 132 Å². The Morgan fingerprint density at radius 1 is 1.09 bits per heavy atom. The fourth-order valence-corrected chi connectivity index (χ4v) is 3.63. The van der Waals surface area contributed by atoms with Gasteiger partial charge in [0.05, 0.1) is 12.1 Å². The van der Waals surface area contributed by atoms with Gasteiger partial charge >= 0.3 is 0 Å². The van der Waals surface area contributed by atoms with Crippen molar-refractivity contribution >= 4 is 16.8 Å². The summed E-state index contributed by atoms with van der Waals surface area (Å²) >= 11 is 0. The summed E-state index contributed by atoms with van der Waals surface area (Å²) in [5.41, 5.74) is 3.36. The van der Waals surface area contributed by atoms with E-state index >= 15 is 0 Å². The van der Waals surface area contributed by atoms with Crippen molar-refractivity contribution in [1.82, 2.24) is 4.57 Å². The highest BCUT2D eigenvalue weighted by Gasteiger charge is 2.25. The maximum absolute atomic E-state index is 12.8. The normalized spacial score (nSPS) is 22.1. The van der Waals surface area contributed by atoms with Crippen LogP contribution in [0.2, 0.25) is 0 Å². The maximum Gasteiger partial charge on any atom is 0.286 e. The zero-order chi connectivity index (χ0) is 15.7. The number of para-hydroxylation sites is 1. The number of nitrogens with one attached hydrogen (secondary N) is 2. The van der Waals surface area contributed by atoms with Gasteiger partial charge in [-0.3, -0.25) is 9.36 Å². The van der Waals surface area contributed by atoms with Gasteiger partial charge < -0.3 is 9.80 Å². The lowest BCUT2D eigenvalue weighted by molar-refractivity contribution is -1.01. The van der Waals surface area contributed by atoms with Crippen molar-refractivity contribution in [2.45, 2.75) is 20.8 Å². The highest BCUT2D eigenvalue weighted by atomic mass is 16.2. The summed E-state index contributed by atoms with van der Waals surface area (Å²) in [7, 11) is 0. The molecule has 3 rings (SSSR count).